The first-order valence-electron chi connectivity index (χ1n) is 5.66. The predicted molar refractivity (Wildman–Crippen MR) is 74.1 cm³/mol. The van der Waals surface area contributed by atoms with Crippen LogP contribution in [0.15, 0.2) is 24.4 Å². The van der Waals surface area contributed by atoms with E-state index in [9.17, 15) is 4.79 Å². The number of carbonyl (C=O) groups is 1. The molecule has 1 aromatic heterocycles. The molecule has 2 N–H and O–H groups in total. The maximum Gasteiger partial charge on any atom is 0.335 e. The van der Waals surface area contributed by atoms with E-state index in [1.54, 1.807) is 36.8 Å². The number of thiazole rings is 1. The Balaban J connectivity index is 2.17. The van der Waals surface area contributed by atoms with Crippen LogP contribution in [-0.4, -0.2) is 23.2 Å². The van der Waals surface area contributed by atoms with Gasteiger partial charge < -0.3 is 15.2 Å². The number of aromatic nitrogens is 1. The highest BCUT2D eigenvalue weighted by Gasteiger charge is 2.09. The monoisotopic (exact) mass is 278 g/mol. The third-order valence-corrected chi connectivity index (χ3v) is 3.48. The molecule has 2 rings (SSSR count). The van der Waals surface area contributed by atoms with Crippen molar-refractivity contribution in [3.05, 3.63) is 39.8 Å². The summed E-state index contributed by atoms with van der Waals surface area (Å²) in [5, 5.41) is 13.2. The van der Waals surface area contributed by atoms with Gasteiger partial charge in [-0.3, -0.25) is 0 Å². The molecule has 1 heterocycles. The Morgan fingerprint density at radius 1 is 1.53 bits per heavy atom. The molecule has 0 spiro atoms. The maximum atomic E-state index is 11.0. The van der Waals surface area contributed by atoms with Crippen molar-refractivity contribution < 1.29 is 14.6 Å². The molecule has 0 radical (unpaired) electrons. The lowest BCUT2D eigenvalue weighted by atomic mass is 10.2. The standard InChI is InChI=1S/C13H14N2O3S/c1-8-14-6-10(19-8)7-15-11-5-9(13(16)17)3-4-12(11)18-2/h3-6,15H,7H2,1-2H3,(H,16,17). The molecule has 100 valence electrons. The third kappa shape index (κ3) is 3.23. The van der Waals surface area contributed by atoms with Crippen molar-refractivity contribution in [1.82, 2.24) is 4.98 Å². The van der Waals surface area contributed by atoms with Gasteiger partial charge in [0.1, 0.15) is 5.75 Å². The molecule has 0 bridgehead atoms. The zero-order chi connectivity index (χ0) is 13.8. The highest BCUT2D eigenvalue weighted by Crippen LogP contribution is 2.26. The van der Waals surface area contributed by atoms with Gasteiger partial charge in [0, 0.05) is 11.1 Å². The molecule has 19 heavy (non-hydrogen) atoms. The number of carboxylic acids is 1. The van der Waals surface area contributed by atoms with E-state index in [1.165, 1.54) is 6.07 Å². The first-order valence-corrected chi connectivity index (χ1v) is 6.48. The largest absolute Gasteiger partial charge is 0.495 e. The fraction of sp³-hybridized carbons (Fsp3) is 0.231. The van der Waals surface area contributed by atoms with Crippen molar-refractivity contribution in [1.29, 1.82) is 0 Å². The maximum absolute atomic E-state index is 11.0. The van der Waals surface area contributed by atoms with Crippen molar-refractivity contribution in [3.63, 3.8) is 0 Å². The number of carboxylic acid groups (broad SMARTS) is 1. The van der Waals surface area contributed by atoms with Gasteiger partial charge in [0.05, 0.1) is 29.9 Å². The lowest BCUT2D eigenvalue weighted by Gasteiger charge is -2.11. The molecule has 0 unspecified atom stereocenters. The Morgan fingerprint density at radius 3 is 2.89 bits per heavy atom. The van der Waals surface area contributed by atoms with Crippen molar-refractivity contribution in [2.24, 2.45) is 0 Å². The summed E-state index contributed by atoms with van der Waals surface area (Å²) in [5.41, 5.74) is 0.886. The van der Waals surface area contributed by atoms with Gasteiger partial charge in [0.25, 0.3) is 0 Å². The van der Waals surface area contributed by atoms with Crippen LogP contribution in [0.4, 0.5) is 5.69 Å². The summed E-state index contributed by atoms with van der Waals surface area (Å²) in [4.78, 5) is 16.2. The first kappa shape index (κ1) is 13.4. The van der Waals surface area contributed by atoms with Crippen LogP contribution >= 0.6 is 11.3 Å². The number of hydrogen-bond donors (Lipinski definition) is 2. The number of ether oxygens (including phenoxy) is 1. The number of benzene rings is 1. The zero-order valence-electron chi connectivity index (χ0n) is 10.6. The lowest BCUT2D eigenvalue weighted by Crippen LogP contribution is -2.03. The van der Waals surface area contributed by atoms with Crippen molar-refractivity contribution in [2.75, 3.05) is 12.4 Å². The number of aryl methyl sites for hydroxylation is 1. The van der Waals surface area contributed by atoms with E-state index in [0.29, 0.717) is 18.0 Å². The summed E-state index contributed by atoms with van der Waals surface area (Å²) < 4.78 is 5.21. The van der Waals surface area contributed by atoms with Crippen LogP contribution in [0.25, 0.3) is 0 Å². The fourth-order valence-electron chi connectivity index (χ4n) is 1.65. The van der Waals surface area contributed by atoms with Crippen molar-refractivity contribution in [3.8, 4) is 5.75 Å². The number of nitrogens with zero attached hydrogens (tertiary/aromatic N) is 1. The molecular formula is C13H14N2O3S. The van der Waals surface area contributed by atoms with Crippen LogP contribution < -0.4 is 10.1 Å². The summed E-state index contributed by atoms with van der Waals surface area (Å²) in [6.07, 6.45) is 1.81. The summed E-state index contributed by atoms with van der Waals surface area (Å²) in [5.74, 6) is -0.342. The SMILES string of the molecule is COc1ccc(C(=O)O)cc1NCc1cnc(C)s1. The molecule has 0 saturated carbocycles. The molecule has 0 amide bonds. The molecule has 1 aromatic carbocycles. The van der Waals surface area contributed by atoms with E-state index in [4.69, 9.17) is 9.84 Å². The number of hydrogen-bond acceptors (Lipinski definition) is 5. The molecule has 0 aliphatic heterocycles. The van der Waals surface area contributed by atoms with Crippen LogP contribution in [0.3, 0.4) is 0 Å². The lowest BCUT2D eigenvalue weighted by molar-refractivity contribution is 0.0697. The van der Waals surface area contributed by atoms with Gasteiger partial charge in [-0.1, -0.05) is 0 Å². The van der Waals surface area contributed by atoms with Crippen molar-refractivity contribution in [2.45, 2.75) is 13.5 Å². The molecule has 6 heteroatoms. The van der Waals surface area contributed by atoms with Gasteiger partial charge in [-0.25, -0.2) is 9.78 Å². The number of anilines is 1. The Morgan fingerprint density at radius 2 is 2.32 bits per heavy atom. The van der Waals surface area contributed by atoms with E-state index in [2.05, 4.69) is 10.3 Å². The summed E-state index contributed by atoms with van der Waals surface area (Å²) in [7, 11) is 1.55. The minimum atomic E-state index is -0.959. The average molecular weight is 278 g/mol. The summed E-state index contributed by atoms with van der Waals surface area (Å²) in [6, 6.07) is 4.72. The van der Waals surface area contributed by atoms with E-state index in [-0.39, 0.29) is 5.56 Å². The quantitative estimate of drug-likeness (QED) is 0.880. The zero-order valence-corrected chi connectivity index (χ0v) is 11.5. The number of methoxy groups -OCH3 is 1. The highest BCUT2D eigenvalue weighted by molar-refractivity contribution is 7.11. The Bertz CT molecular complexity index is 595. The number of nitrogens with one attached hydrogen (secondary N) is 1. The van der Waals surface area contributed by atoms with Gasteiger partial charge in [0.2, 0.25) is 0 Å². The minimum absolute atomic E-state index is 0.226. The molecular weight excluding hydrogens is 264 g/mol. The summed E-state index contributed by atoms with van der Waals surface area (Å²) >= 11 is 1.60. The second-order valence-corrected chi connectivity index (χ2v) is 5.24. The number of rotatable bonds is 5. The Hall–Kier alpha value is -2.08. The van der Waals surface area contributed by atoms with E-state index >= 15 is 0 Å². The van der Waals surface area contributed by atoms with Gasteiger partial charge >= 0.3 is 5.97 Å². The first-order chi connectivity index (χ1) is 9.10. The van der Waals surface area contributed by atoms with Gasteiger partial charge in [-0.2, -0.15) is 0 Å². The van der Waals surface area contributed by atoms with Crippen LogP contribution in [0.1, 0.15) is 20.2 Å². The Labute approximate surface area is 114 Å². The van der Waals surface area contributed by atoms with Crippen LogP contribution in [-0.2, 0) is 6.54 Å². The molecule has 0 aliphatic carbocycles. The second-order valence-electron chi connectivity index (χ2n) is 3.92. The normalized spacial score (nSPS) is 10.2. The fourth-order valence-corrected chi connectivity index (χ4v) is 2.38. The molecule has 0 atom stereocenters. The molecule has 5 nitrogen and oxygen atoms in total. The van der Waals surface area contributed by atoms with Crippen LogP contribution in [0, 0.1) is 6.92 Å². The van der Waals surface area contributed by atoms with Gasteiger partial charge in [0.15, 0.2) is 0 Å². The van der Waals surface area contributed by atoms with Gasteiger partial charge in [-0.05, 0) is 25.1 Å². The third-order valence-electron chi connectivity index (χ3n) is 2.57. The van der Waals surface area contributed by atoms with Crippen molar-refractivity contribution >= 4 is 23.0 Å². The van der Waals surface area contributed by atoms with E-state index in [1.807, 2.05) is 6.92 Å². The minimum Gasteiger partial charge on any atom is -0.495 e. The molecule has 0 aliphatic rings. The molecule has 0 fully saturated rings. The average Bonchev–Trinajstić information content (AvgIpc) is 2.81. The highest BCUT2D eigenvalue weighted by atomic mass is 32.1. The second kappa shape index (κ2) is 5.71. The summed E-state index contributed by atoms with van der Waals surface area (Å²) in [6.45, 7) is 2.53. The smallest absolute Gasteiger partial charge is 0.335 e. The topological polar surface area (TPSA) is 71.5 Å². The predicted octanol–water partition coefficient (Wildman–Crippen LogP) is 2.77. The van der Waals surface area contributed by atoms with Crippen LogP contribution in [0.5, 0.6) is 5.75 Å². The number of aromatic carboxylic acids is 1. The van der Waals surface area contributed by atoms with Crippen LogP contribution in [0.2, 0.25) is 0 Å². The molecule has 0 saturated heterocycles. The Kier molecular flexibility index (Phi) is 4.01. The van der Waals surface area contributed by atoms with E-state index in [0.717, 1.165) is 9.88 Å². The van der Waals surface area contributed by atoms with Gasteiger partial charge in [-0.15, -0.1) is 11.3 Å². The van der Waals surface area contributed by atoms with E-state index < -0.39 is 5.97 Å². The molecule has 2 aromatic rings.